The van der Waals surface area contributed by atoms with Gasteiger partial charge < -0.3 is 2.85 Å². The zero-order chi connectivity index (χ0) is 8.27. The summed E-state index contributed by atoms with van der Waals surface area (Å²) in [6, 6.07) is 7.97. The number of rotatable bonds is 2. The van der Waals surface area contributed by atoms with Gasteiger partial charge in [0.05, 0.1) is 0 Å². The number of aryl methyl sites for hydroxylation is 1. The van der Waals surface area contributed by atoms with Gasteiger partial charge in [0.2, 0.25) is 0 Å². The molecule has 0 amide bonds. The second-order valence-electron chi connectivity index (χ2n) is 2.81. The summed E-state index contributed by atoms with van der Waals surface area (Å²) < 4.78 is 0. The molecule has 0 atom stereocenters. The normalized spacial score (nSPS) is 8.83. The van der Waals surface area contributed by atoms with Crippen LogP contribution in [0.2, 0.25) is 0 Å². The topological polar surface area (TPSA) is 17.1 Å². The molecule has 0 aliphatic carbocycles. The smallest absolute Gasteiger partial charge is 1.00 e. The Kier molecular flexibility index (Phi) is 4.46. The standard InChI is InChI=1S/C10H12O.Be.2H/c1-8-5-3-4-6-10(8)7-9(2)11;;;/h3-6H,7H2,1-2H3;;;/q;+2;2*-1. The summed E-state index contributed by atoms with van der Waals surface area (Å²) in [6.07, 6.45) is 0.562. The van der Waals surface area contributed by atoms with Crippen LogP contribution in [0.1, 0.15) is 20.9 Å². The molecule has 0 radical (unpaired) electrons. The largest absolute Gasteiger partial charge is 2.00 e. The quantitative estimate of drug-likeness (QED) is 0.603. The summed E-state index contributed by atoms with van der Waals surface area (Å²) in [5, 5.41) is 0. The van der Waals surface area contributed by atoms with Crippen LogP contribution >= 0.6 is 0 Å². The van der Waals surface area contributed by atoms with Crippen molar-refractivity contribution in [2.24, 2.45) is 0 Å². The maximum absolute atomic E-state index is 10.8. The van der Waals surface area contributed by atoms with Crippen LogP contribution in [0.4, 0.5) is 0 Å². The number of carbonyl (C=O) groups excluding carboxylic acids is 1. The predicted octanol–water partition coefficient (Wildman–Crippen LogP) is 1.97. The van der Waals surface area contributed by atoms with Crippen molar-refractivity contribution in [3.8, 4) is 0 Å². The molecule has 0 aliphatic rings. The van der Waals surface area contributed by atoms with E-state index in [9.17, 15) is 4.79 Å². The van der Waals surface area contributed by atoms with Crippen LogP contribution < -0.4 is 0 Å². The summed E-state index contributed by atoms with van der Waals surface area (Å²) >= 11 is 0. The summed E-state index contributed by atoms with van der Waals surface area (Å²) in [4.78, 5) is 10.8. The van der Waals surface area contributed by atoms with Crippen LogP contribution in [-0.2, 0) is 11.2 Å². The van der Waals surface area contributed by atoms with E-state index in [2.05, 4.69) is 0 Å². The molecule has 0 aromatic heterocycles. The van der Waals surface area contributed by atoms with E-state index in [4.69, 9.17) is 0 Å². The average Bonchev–Trinajstić information content (AvgIpc) is 1.93. The summed E-state index contributed by atoms with van der Waals surface area (Å²) in [7, 11) is 0. The van der Waals surface area contributed by atoms with E-state index in [-0.39, 0.29) is 18.8 Å². The van der Waals surface area contributed by atoms with E-state index in [0.29, 0.717) is 6.42 Å². The van der Waals surface area contributed by atoms with Gasteiger partial charge in [-0.2, -0.15) is 0 Å². The van der Waals surface area contributed by atoms with Crippen LogP contribution in [0.15, 0.2) is 24.3 Å². The van der Waals surface area contributed by atoms with Gasteiger partial charge in [0.25, 0.3) is 0 Å². The van der Waals surface area contributed by atoms with Gasteiger partial charge in [0.1, 0.15) is 5.78 Å². The molecule has 2 heteroatoms. The Morgan fingerprint density at radius 2 is 2.00 bits per heavy atom. The molecule has 0 saturated carbocycles. The Morgan fingerprint density at radius 1 is 1.42 bits per heavy atom. The molecule has 0 bridgehead atoms. The van der Waals surface area contributed by atoms with Crippen LogP contribution in [0.3, 0.4) is 0 Å². The summed E-state index contributed by atoms with van der Waals surface area (Å²) in [5.41, 5.74) is 2.34. The van der Waals surface area contributed by atoms with E-state index in [1.165, 1.54) is 5.56 Å². The number of benzene rings is 1. The van der Waals surface area contributed by atoms with Crippen molar-refractivity contribution in [1.82, 2.24) is 0 Å². The van der Waals surface area contributed by atoms with E-state index < -0.39 is 0 Å². The minimum atomic E-state index is 0. The monoisotopic (exact) mass is 159 g/mol. The Balaban J connectivity index is -0.000000403. The number of Topliss-reactive ketones (excluding diaryl/α,β-unsaturated/α-hetero) is 1. The van der Waals surface area contributed by atoms with E-state index in [1.807, 2.05) is 31.2 Å². The average molecular weight is 159 g/mol. The SMILES string of the molecule is CC(=O)Cc1ccccc1C.[Be+2].[H-].[H-]. The molecule has 1 nitrogen and oxygen atoms in total. The van der Waals surface area contributed by atoms with Crippen molar-refractivity contribution >= 4 is 15.9 Å². The number of hydrogen-bond donors (Lipinski definition) is 0. The van der Waals surface area contributed by atoms with Gasteiger partial charge in [-0.25, -0.2) is 0 Å². The van der Waals surface area contributed by atoms with Crippen LogP contribution in [0.5, 0.6) is 0 Å². The minimum absolute atomic E-state index is 0. The van der Waals surface area contributed by atoms with Gasteiger partial charge in [-0.05, 0) is 25.0 Å². The van der Waals surface area contributed by atoms with Crippen LogP contribution in [-0.4, -0.2) is 15.9 Å². The van der Waals surface area contributed by atoms with Gasteiger partial charge >= 0.3 is 10.1 Å². The van der Waals surface area contributed by atoms with Crippen molar-refractivity contribution in [3.05, 3.63) is 35.4 Å². The Hall–Kier alpha value is -0.941. The second kappa shape index (κ2) is 4.84. The molecule has 0 saturated heterocycles. The van der Waals surface area contributed by atoms with Gasteiger partial charge in [0, 0.05) is 6.42 Å². The molecular formula is C10H14BeO. The molecule has 1 aromatic rings. The third-order valence-corrected chi connectivity index (χ3v) is 1.70. The molecule has 1 rings (SSSR count). The molecule has 0 heterocycles. The zero-order valence-corrected chi connectivity index (χ0v) is 7.63. The Bertz CT molecular complexity index is 277. The van der Waals surface area contributed by atoms with Gasteiger partial charge in [0.15, 0.2) is 0 Å². The molecule has 0 N–H and O–H groups in total. The van der Waals surface area contributed by atoms with Crippen molar-refractivity contribution in [2.45, 2.75) is 20.3 Å². The fraction of sp³-hybridized carbons (Fsp3) is 0.300. The molecular weight excluding hydrogens is 145 g/mol. The zero-order valence-electron chi connectivity index (χ0n) is 9.63. The maximum atomic E-state index is 10.8. The van der Waals surface area contributed by atoms with Gasteiger partial charge in [-0.3, -0.25) is 4.79 Å². The van der Waals surface area contributed by atoms with E-state index in [0.717, 1.165) is 5.56 Å². The summed E-state index contributed by atoms with van der Waals surface area (Å²) in [6.45, 7) is 3.64. The fourth-order valence-corrected chi connectivity index (χ4v) is 1.08. The van der Waals surface area contributed by atoms with E-state index >= 15 is 0 Å². The Morgan fingerprint density at radius 3 is 2.50 bits per heavy atom. The first-order chi connectivity index (χ1) is 5.20. The van der Waals surface area contributed by atoms with Gasteiger partial charge in [-0.15, -0.1) is 0 Å². The molecule has 0 aliphatic heterocycles. The number of hydrogen-bond acceptors (Lipinski definition) is 1. The predicted molar refractivity (Wildman–Crippen MR) is 53.5 cm³/mol. The molecule has 0 fully saturated rings. The van der Waals surface area contributed by atoms with Crippen LogP contribution in [0.25, 0.3) is 0 Å². The first-order valence-corrected chi connectivity index (χ1v) is 3.74. The minimum Gasteiger partial charge on any atom is -1.00 e. The third kappa shape index (κ3) is 2.98. The van der Waals surface area contributed by atoms with Crippen molar-refractivity contribution in [2.75, 3.05) is 0 Å². The van der Waals surface area contributed by atoms with Crippen molar-refractivity contribution in [1.29, 1.82) is 0 Å². The first kappa shape index (κ1) is 11.1. The molecule has 0 unspecified atom stereocenters. The molecule has 1 aromatic carbocycles. The molecule has 0 spiro atoms. The summed E-state index contributed by atoms with van der Waals surface area (Å²) in [5.74, 6) is 0.222. The van der Waals surface area contributed by atoms with Crippen molar-refractivity contribution in [3.63, 3.8) is 0 Å². The number of carbonyl (C=O) groups is 1. The van der Waals surface area contributed by atoms with Crippen LogP contribution in [0, 0.1) is 6.92 Å². The third-order valence-electron chi connectivity index (χ3n) is 1.70. The fourth-order valence-electron chi connectivity index (χ4n) is 1.08. The number of ketones is 1. The first-order valence-electron chi connectivity index (χ1n) is 3.74. The van der Waals surface area contributed by atoms with Gasteiger partial charge in [-0.1, -0.05) is 24.3 Å². The van der Waals surface area contributed by atoms with E-state index in [1.54, 1.807) is 6.92 Å². The Labute approximate surface area is 80.0 Å². The molecule has 12 heavy (non-hydrogen) atoms. The van der Waals surface area contributed by atoms with Crippen molar-refractivity contribution < 1.29 is 7.65 Å². The molecule has 62 valence electrons. The second-order valence-corrected chi connectivity index (χ2v) is 2.81. The maximum Gasteiger partial charge on any atom is 2.00 e.